The van der Waals surface area contributed by atoms with Crippen LogP contribution >= 0.6 is 15.9 Å². The van der Waals surface area contributed by atoms with E-state index in [1.165, 1.54) is 0 Å². The molecule has 1 N–H and O–H groups in total. The molecule has 34 heavy (non-hydrogen) atoms. The van der Waals surface area contributed by atoms with Gasteiger partial charge in [0.25, 0.3) is 11.7 Å². The number of carbonyl (C=O) groups is 2. The molecule has 1 unspecified atom stereocenters. The van der Waals surface area contributed by atoms with E-state index in [1.807, 2.05) is 50.2 Å². The highest BCUT2D eigenvalue weighted by molar-refractivity contribution is 9.10. The number of aryl methyl sites for hydroxylation is 1. The van der Waals surface area contributed by atoms with Gasteiger partial charge in [-0.3, -0.25) is 9.59 Å². The number of ketones is 1. The van der Waals surface area contributed by atoms with Crippen LogP contribution in [0.2, 0.25) is 0 Å². The topological polar surface area (TPSA) is 70.1 Å². The van der Waals surface area contributed by atoms with Crippen molar-refractivity contribution in [1.82, 2.24) is 9.80 Å². The van der Waals surface area contributed by atoms with Crippen LogP contribution in [-0.4, -0.2) is 60.4 Å². The lowest BCUT2D eigenvalue weighted by molar-refractivity contribution is -0.139. The maximum atomic E-state index is 13.2. The Morgan fingerprint density at radius 1 is 1.15 bits per heavy atom. The molecular weight excluding hydrogens is 496 g/mol. The molecule has 1 aliphatic heterocycles. The first-order chi connectivity index (χ1) is 16.1. The maximum Gasteiger partial charge on any atom is 0.295 e. The summed E-state index contributed by atoms with van der Waals surface area (Å²) in [6, 6.07) is 12.2. The monoisotopic (exact) mass is 528 g/mol. The number of benzene rings is 2. The highest BCUT2D eigenvalue weighted by Gasteiger charge is 2.45. The molecule has 3 rings (SSSR count). The van der Waals surface area contributed by atoms with Gasteiger partial charge >= 0.3 is 0 Å². The molecule has 1 heterocycles. The van der Waals surface area contributed by atoms with E-state index in [0.717, 1.165) is 27.9 Å². The summed E-state index contributed by atoms with van der Waals surface area (Å²) in [6.07, 6.45) is 0.716. The van der Waals surface area contributed by atoms with Gasteiger partial charge in [0.2, 0.25) is 0 Å². The summed E-state index contributed by atoms with van der Waals surface area (Å²) < 4.78 is 6.74. The number of Topliss-reactive ketones (excluding diaryl/α,β-unsaturated/α-hetero) is 1. The fourth-order valence-corrected chi connectivity index (χ4v) is 4.29. The number of likely N-dealkylation sites (tertiary alicyclic amines) is 1. The van der Waals surface area contributed by atoms with Crippen LogP contribution in [0, 0.1) is 12.8 Å². The molecule has 1 fully saturated rings. The number of nitrogens with zero attached hydrogens (tertiary/aromatic N) is 2. The molecule has 7 heteroatoms. The summed E-state index contributed by atoms with van der Waals surface area (Å²) in [6.45, 7) is 7.85. The van der Waals surface area contributed by atoms with Crippen molar-refractivity contribution < 1.29 is 19.4 Å². The predicted octanol–water partition coefficient (Wildman–Crippen LogP) is 5.17. The Morgan fingerprint density at radius 3 is 2.41 bits per heavy atom. The Labute approximate surface area is 210 Å². The van der Waals surface area contributed by atoms with Gasteiger partial charge < -0.3 is 19.6 Å². The molecule has 1 aliphatic rings. The Kier molecular flexibility index (Phi) is 8.55. The van der Waals surface area contributed by atoms with Crippen molar-refractivity contribution in [2.75, 3.05) is 33.8 Å². The fraction of sp³-hybridized carbons (Fsp3) is 0.407. The summed E-state index contributed by atoms with van der Waals surface area (Å²) in [4.78, 5) is 29.8. The molecule has 1 amide bonds. The molecule has 6 nitrogen and oxygen atoms in total. The number of carbonyl (C=O) groups excluding carboxylic acids is 2. The highest BCUT2D eigenvalue weighted by Crippen LogP contribution is 2.40. The number of aliphatic hydroxyl groups is 1. The standard InChI is InChI=1S/C27H33BrN2O4/c1-17(2)16-34-22-12-9-20(15-18(22)3)25(31)23-24(19-7-10-21(28)11-8-19)30(27(33)26(23)32)14-6-13-29(4)5/h7-12,15,17,24,31H,6,13-14,16H2,1-5H3/b25-23-. The quantitative estimate of drug-likeness (QED) is 0.276. The van der Waals surface area contributed by atoms with E-state index in [9.17, 15) is 14.7 Å². The van der Waals surface area contributed by atoms with Gasteiger partial charge in [-0.1, -0.05) is 41.9 Å². The summed E-state index contributed by atoms with van der Waals surface area (Å²) in [5, 5.41) is 11.3. The van der Waals surface area contributed by atoms with Crippen LogP contribution in [0.25, 0.3) is 5.76 Å². The molecule has 2 aromatic carbocycles. The van der Waals surface area contributed by atoms with Crippen LogP contribution in [0.15, 0.2) is 52.5 Å². The van der Waals surface area contributed by atoms with E-state index in [2.05, 4.69) is 29.8 Å². The first kappa shape index (κ1) is 26.0. The summed E-state index contributed by atoms with van der Waals surface area (Å²) in [5.74, 6) is -0.282. The SMILES string of the molecule is Cc1cc(/C(O)=C2/C(=O)C(=O)N(CCCN(C)C)C2c2ccc(Br)cc2)ccc1OCC(C)C. The van der Waals surface area contributed by atoms with Crippen molar-refractivity contribution in [2.24, 2.45) is 5.92 Å². The Balaban J connectivity index is 2.03. The van der Waals surface area contributed by atoms with Crippen molar-refractivity contribution in [3.05, 3.63) is 69.2 Å². The van der Waals surface area contributed by atoms with Gasteiger partial charge in [0.15, 0.2) is 0 Å². The van der Waals surface area contributed by atoms with E-state index >= 15 is 0 Å². The average Bonchev–Trinajstić information content (AvgIpc) is 3.03. The zero-order valence-electron chi connectivity index (χ0n) is 20.5. The van der Waals surface area contributed by atoms with Crippen LogP contribution in [-0.2, 0) is 9.59 Å². The molecule has 182 valence electrons. The third-order valence-corrected chi connectivity index (χ3v) is 6.28. The number of ether oxygens (including phenoxy) is 1. The normalized spacial score (nSPS) is 17.8. The Bertz CT molecular complexity index is 1080. The van der Waals surface area contributed by atoms with E-state index in [4.69, 9.17) is 4.74 Å². The minimum Gasteiger partial charge on any atom is -0.507 e. The molecule has 1 saturated heterocycles. The zero-order chi connectivity index (χ0) is 25.0. The van der Waals surface area contributed by atoms with Gasteiger partial charge in [0, 0.05) is 16.6 Å². The lowest BCUT2D eigenvalue weighted by Crippen LogP contribution is -2.32. The summed E-state index contributed by atoms with van der Waals surface area (Å²) in [5.41, 5.74) is 2.24. The van der Waals surface area contributed by atoms with E-state index in [0.29, 0.717) is 31.1 Å². The first-order valence-electron chi connectivity index (χ1n) is 11.5. The molecule has 0 radical (unpaired) electrons. The second-order valence-corrected chi connectivity index (χ2v) is 10.3. The number of aliphatic hydroxyl groups excluding tert-OH is 1. The third kappa shape index (κ3) is 5.88. The zero-order valence-corrected chi connectivity index (χ0v) is 22.1. The summed E-state index contributed by atoms with van der Waals surface area (Å²) in [7, 11) is 3.94. The molecule has 0 spiro atoms. The van der Waals surface area contributed by atoms with Crippen LogP contribution < -0.4 is 4.74 Å². The van der Waals surface area contributed by atoms with Crippen LogP contribution in [0.3, 0.4) is 0 Å². The molecule has 0 aliphatic carbocycles. The fourth-order valence-electron chi connectivity index (χ4n) is 4.03. The molecule has 0 saturated carbocycles. The first-order valence-corrected chi connectivity index (χ1v) is 12.3. The Morgan fingerprint density at radius 2 is 1.82 bits per heavy atom. The second kappa shape index (κ2) is 11.2. The van der Waals surface area contributed by atoms with Crippen molar-refractivity contribution >= 4 is 33.4 Å². The molecular formula is C27H33BrN2O4. The van der Waals surface area contributed by atoms with Gasteiger partial charge in [0.1, 0.15) is 11.5 Å². The lowest BCUT2D eigenvalue weighted by atomic mass is 9.94. The van der Waals surface area contributed by atoms with Crippen LogP contribution in [0.5, 0.6) is 5.75 Å². The summed E-state index contributed by atoms with van der Waals surface area (Å²) >= 11 is 3.44. The molecule has 0 aromatic heterocycles. The van der Waals surface area contributed by atoms with Gasteiger partial charge in [-0.2, -0.15) is 0 Å². The van der Waals surface area contributed by atoms with Gasteiger partial charge in [-0.15, -0.1) is 0 Å². The van der Waals surface area contributed by atoms with Crippen molar-refractivity contribution in [3.8, 4) is 5.75 Å². The second-order valence-electron chi connectivity index (χ2n) is 9.39. The van der Waals surface area contributed by atoms with Crippen molar-refractivity contribution in [2.45, 2.75) is 33.2 Å². The predicted molar refractivity (Wildman–Crippen MR) is 138 cm³/mol. The van der Waals surface area contributed by atoms with Crippen molar-refractivity contribution in [3.63, 3.8) is 0 Å². The number of hydrogen-bond donors (Lipinski definition) is 1. The minimum atomic E-state index is -0.659. The Hall–Kier alpha value is -2.64. The number of halogens is 1. The molecule has 2 aromatic rings. The lowest BCUT2D eigenvalue weighted by Gasteiger charge is -2.26. The van der Waals surface area contributed by atoms with Crippen LogP contribution in [0.4, 0.5) is 0 Å². The van der Waals surface area contributed by atoms with E-state index < -0.39 is 17.7 Å². The third-order valence-electron chi connectivity index (χ3n) is 5.75. The van der Waals surface area contributed by atoms with E-state index in [-0.39, 0.29) is 11.3 Å². The smallest absolute Gasteiger partial charge is 0.295 e. The van der Waals surface area contributed by atoms with Gasteiger partial charge in [-0.25, -0.2) is 0 Å². The van der Waals surface area contributed by atoms with Gasteiger partial charge in [-0.05, 0) is 81.4 Å². The van der Waals surface area contributed by atoms with Gasteiger partial charge in [0.05, 0.1) is 18.2 Å². The molecule has 1 atom stereocenters. The minimum absolute atomic E-state index is 0.118. The number of hydrogen-bond acceptors (Lipinski definition) is 5. The van der Waals surface area contributed by atoms with Crippen LogP contribution in [0.1, 0.15) is 43.0 Å². The molecule has 0 bridgehead atoms. The maximum absolute atomic E-state index is 13.2. The number of amides is 1. The largest absolute Gasteiger partial charge is 0.507 e. The highest BCUT2D eigenvalue weighted by atomic mass is 79.9. The van der Waals surface area contributed by atoms with Crippen molar-refractivity contribution in [1.29, 1.82) is 0 Å². The van der Waals surface area contributed by atoms with E-state index in [1.54, 1.807) is 23.1 Å². The average molecular weight is 529 g/mol. The number of rotatable bonds is 9.